The van der Waals surface area contributed by atoms with Gasteiger partial charge < -0.3 is 5.32 Å². The lowest BCUT2D eigenvalue weighted by atomic mass is 10.1. The highest BCUT2D eigenvalue weighted by molar-refractivity contribution is 5.14. The molecule has 0 fully saturated rings. The van der Waals surface area contributed by atoms with Crippen molar-refractivity contribution in [1.82, 2.24) is 5.32 Å². The zero-order valence-corrected chi connectivity index (χ0v) is 11.6. The van der Waals surface area contributed by atoms with Crippen LogP contribution in [0, 0.1) is 5.92 Å². The van der Waals surface area contributed by atoms with Crippen LogP contribution in [0.15, 0.2) is 30.3 Å². The highest BCUT2D eigenvalue weighted by Crippen LogP contribution is 2.06. The summed E-state index contributed by atoms with van der Waals surface area (Å²) in [6.45, 7) is 8.03. The lowest BCUT2D eigenvalue weighted by Gasteiger charge is -2.14. The van der Waals surface area contributed by atoms with E-state index in [2.05, 4.69) is 56.4 Å². The average molecular weight is 233 g/mol. The Labute approximate surface area is 107 Å². The topological polar surface area (TPSA) is 12.0 Å². The highest BCUT2D eigenvalue weighted by atomic mass is 14.9. The van der Waals surface area contributed by atoms with E-state index in [4.69, 9.17) is 0 Å². The summed E-state index contributed by atoms with van der Waals surface area (Å²) in [5, 5.41) is 3.61. The van der Waals surface area contributed by atoms with Gasteiger partial charge in [-0.3, -0.25) is 0 Å². The Morgan fingerprint density at radius 1 is 1.00 bits per heavy atom. The van der Waals surface area contributed by atoms with Gasteiger partial charge in [-0.25, -0.2) is 0 Å². The number of nitrogens with one attached hydrogen (secondary N) is 1. The molecule has 1 aromatic rings. The number of benzene rings is 1. The van der Waals surface area contributed by atoms with Crippen molar-refractivity contribution in [3.8, 4) is 0 Å². The average Bonchev–Trinajstić information content (AvgIpc) is 2.33. The van der Waals surface area contributed by atoms with Gasteiger partial charge in [-0.05, 0) is 50.6 Å². The van der Waals surface area contributed by atoms with Crippen LogP contribution in [-0.2, 0) is 6.42 Å². The molecule has 0 radical (unpaired) electrons. The summed E-state index contributed by atoms with van der Waals surface area (Å²) in [7, 11) is 0. The summed E-state index contributed by atoms with van der Waals surface area (Å²) < 4.78 is 0. The Balaban J connectivity index is 2.07. The molecule has 0 saturated carbocycles. The standard InChI is InChI=1S/C16H27N/c1-14(2)8-7-13-17-15(3)11-12-16-9-5-4-6-10-16/h4-6,9-10,14-15,17H,7-8,11-13H2,1-3H3. The van der Waals surface area contributed by atoms with Gasteiger partial charge in [-0.15, -0.1) is 0 Å². The van der Waals surface area contributed by atoms with Crippen LogP contribution < -0.4 is 5.32 Å². The summed E-state index contributed by atoms with van der Waals surface area (Å²) in [5.74, 6) is 0.830. The van der Waals surface area contributed by atoms with Crippen LogP contribution in [0.2, 0.25) is 0 Å². The van der Waals surface area contributed by atoms with E-state index in [-0.39, 0.29) is 0 Å². The summed E-state index contributed by atoms with van der Waals surface area (Å²) in [4.78, 5) is 0. The Morgan fingerprint density at radius 3 is 2.35 bits per heavy atom. The lowest BCUT2D eigenvalue weighted by Crippen LogP contribution is -2.27. The molecule has 1 unspecified atom stereocenters. The third-order valence-corrected chi connectivity index (χ3v) is 3.16. The number of hydrogen-bond donors (Lipinski definition) is 1. The van der Waals surface area contributed by atoms with E-state index in [1.807, 2.05) is 0 Å². The molecule has 96 valence electrons. The molecular weight excluding hydrogens is 206 g/mol. The van der Waals surface area contributed by atoms with Crippen LogP contribution in [0.5, 0.6) is 0 Å². The van der Waals surface area contributed by atoms with Crippen molar-refractivity contribution >= 4 is 0 Å². The molecule has 1 heteroatoms. The molecule has 1 rings (SSSR count). The van der Waals surface area contributed by atoms with E-state index in [0.717, 1.165) is 12.5 Å². The van der Waals surface area contributed by atoms with Gasteiger partial charge in [0.15, 0.2) is 0 Å². The molecule has 1 atom stereocenters. The SMILES string of the molecule is CC(C)CCCNC(C)CCc1ccccc1. The second-order valence-electron chi connectivity index (χ2n) is 5.42. The lowest BCUT2D eigenvalue weighted by molar-refractivity contribution is 0.473. The molecule has 0 aliphatic heterocycles. The smallest absolute Gasteiger partial charge is 0.00418 e. The first-order chi connectivity index (χ1) is 8.18. The number of rotatable bonds is 8. The van der Waals surface area contributed by atoms with Gasteiger partial charge >= 0.3 is 0 Å². The van der Waals surface area contributed by atoms with Crippen LogP contribution in [0.3, 0.4) is 0 Å². The molecule has 0 saturated heterocycles. The van der Waals surface area contributed by atoms with Crippen molar-refractivity contribution < 1.29 is 0 Å². The predicted octanol–water partition coefficient (Wildman–Crippen LogP) is 4.03. The van der Waals surface area contributed by atoms with Crippen molar-refractivity contribution in [3.63, 3.8) is 0 Å². The zero-order valence-electron chi connectivity index (χ0n) is 11.6. The monoisotopic (exact) mass is 233 g/mol. The first kappa shape index (κ1) is 14.2. The van der Waals surface area contributed by atoms with Gasteiger partial charge in [-0.1, -0.05) is 44.2 Å². The third kappa shape index (κ3) is 7.17. The molecule has 1 aromatic carbocycles. The quantitative estimate of drug-likeness (QED) is 0.668. The Bertz CT molecular complexity index is 279. The predicted molar refractivity (Wildman–Crippen MR) is 76.3 cm³/mol. The van der Waals surface area contributed by atoms with Crippen LogP contribution in [0.4, 0.5) is 0 Å². The minimum Gasteiger partial charge on any atom is -0.314 e. The molecule has 0 heterocycles. The molecule has 0 amide bonds. The molecule has 0 bridgehead atoms. The van der Waals surface area contributed by atoms with Gasteiger partial charge in [0.2, 0.25) is 0 Å². The molecule has 0 aliphatic rings. The van der Waals surface area contributed by atoms with Crippen LogP contribution in [0.1, 0.15) is 45.6 Å². The normalized spacial score (nSPS) is 12.9. The maximum absolute atomic E-state index is 3.61. The Kier molecular flexibility index (Phi) is 6.95. The minimum atomic E-state index is 0.627. The van der Waals surface area contributed by atoms with Crippen LogP contribution in [0.25, 0.3) is 0 Å². The number of hydrogen-bond acceptors (Lipinski definition) is 1. The maximum atomic E-state index is 3.61. The fraction of sp³-hybridized carbons (Fsp3) is 0.625. The second-order valence-corrected chi connectivity index (χ2v) is 5.42. The molecule has 1 nitrogen and oxygen atoms in total. The van der Waals surface area contributed by atoms with Crippen LogP contribution >= 0.6 is 0 Å². The maximum Gasteiger partial charge on any atom is 0.00418 e. The largest absolute Gasteiger partial charge is 0.314 e. The molecular formula is C16H27N. The fourth-order valence-corrected chi connectivity index (χ4v) is 1.99. The molecule has 1 N–H and O–H groups in total. The van der Waals surface area contributed by atoms with Crippen molar-refractivity contribution in [3.05, 3.63) is 35.9 Å². The zero-order chi connectivity index (χ0) is 12.5. The third-order valence-electron chi connectivity index (χ3n) is 3.16. The fourth-order valence-electron chi connectivity index (χ4n) is 1.99. The minimum absolute atomic E-state index is 0.627. The highest BCUT2D eigenvalue weighted by Gasteiger charge is 2.02. The summed E-state index contributed by atoms with van der Waals surface area (Å²) in [5.41, 5.74) is 1.45. The van der Waals surface area contributed by atoms with Gasteiger partial charge in [-0.2, -0.15) is 0 Å². The van der Waals surface area contributed by atoms with E-state index in [9.17, 15) is 0 Å². The molecule has 0 spiro atoms. The first-order valence-corrected chi connectivity index (χ1v) is 6.96. The molecule has 0 aliphatic carbocycles. The summed E-state index contributed by atoms with van der Waals surface area (Å²) in [6.07, 6.45) is 5.04. The van der Waals surface area contributed by atoms with Gasteiger partial charge in [0.25, 0.3) is 0 Å². The van der Waals surface area contributed by atoms with Crippen molar-refractivity contribution in [2.45, 2.75) is 52.5 Å². The van der Waals surface area contributed by atoms with Gasteiger partial charge in [0, 0.05) is 6.04 Å². The molecule has 17 heavy (non-hydrogen) atoms. The van der Waals surface area contributed by atoms with E-state index < -0.39 is 0 Å². The van der Waals surface area contributed by atoms with Crippen molar-refractivity contribution in [1.29, 1.82) is 0 Å². The van der Waals surface area contributed by atoms with E-state index in [0.29, 0.717) is 6.04 Å². The van der Waals surface area contributed by atoms with Crippen molar-refractivity contribution in [2.75, 3.05) is 6.54 Å². The summed E-state index contributed by atoms with van der Waals surface area (Å²) >= 11 is 0. The van der Waals surface area contributed by atoms with E-state index in [1.165, 1.54) is 31.2 Å². The van der Waals surface area contributed by atoms with Crippen LogP contribution in [-0.4, -0.2) is 12.6 Å². The van der Waals surface area contributed by atoms with E-state index in [1.54, 1.807) is 0 Å². The van der Waals surface area contributed by atoms with Gasteiger partial charge in [0.1, 0.15) is 0 Å². The Hall–Kier alpha value is -0.820. The second kappa shape index (κ2) is 8.30. The number of aryl methyl sites for hydroxylation is 1. The van der Waals surface area contributed by atoms with E-state index >= 15 is 0 Å². The van der Waals surface area contributed by atoms with Gasteiger partial charge in [0.05, 0.1) is 0 Å². The first-order valence-electron chi connectivity index (χ1n) is 6.96. The Morgan fingerprint density at radius 2 is 1.71 bits per heavy atom. The molecule has 0 aromatic heterocycles. The summed E-state index contributed by atoms with van der Waals surface area (Å²) in [6, 6.07) is 11.4. The van der Waals surface area contributed by atoms with Crippen molar-refractivity contribution in [2.24, 2.45) is 5.92 Å².